The van der Waals surface area contributed by atoms with E-state index in [-0.39, 0.29) is 24.4 Å². The second-order valence-electron chi connectivity index (χ2n) is 7.80. The summed E-state index contributed by atoms with van der Waals surface area (Å²) in [5.41, 5.74) is 8.82. The van der Waals surface area contributed by atoms with E-state index in [1.807, 2.05) is 6.07 Å². The Morgan fingerprint density at radius 1 is 1.09 bits per heavy atom. The quantitative estimate of drug-likeness (QED) is 0.493. The highest BCUT2D eigenvalue weighted by atomic mass is 32.1. The largest absolute Gasteiger partial charge is 0.493 e. The van der Waals surface area contributed by atoms with Gasteiger partial charge in [-0.25, -0.2) is 4.98 Å². The predicted octanol–water partition coefficient (Wildman–Crippen LogP) is 3.16. The molecule has 4 N–H and O–H groups in total. The van der Waals surface area contributed by atoms with E-state index in [2.05, 4.69) is 15.6 Å². The minimum Gasteiger partial charge on any atom is -0.493 e. The third-order valence-electron chi connectivity index (χ3n) is 5.49. The molecular weight excluding hydrogens is 440 g/mol. The molecule has 1 aromatic heterocycles. The molecule has 0 spiro atoms. The molecule has 172 valence electrons. The van der Waals surface area contributed by atoms with Crippen LogP contribution < -0.4 is 25.8 Å². The first-order valence-corrected chi connectivity index (χ1v) is 11.4. The van der Waals surface area contributed by atoms with Gasteiger partial charge in [-0.2, -0.15) is 0 Å². The topological polar surface area (TPSA) is 116 Å². The number of nitrogens with two attached hydrogens (primary N) is 1. The van der Waals surface area contributed by atoms with Gasteiger partial charge in [0, 0.05) is 28.6 Å². The summed E-state index contributed by atoms with van der Waals surface area (Å²) in [6.07, 6.45) is 2.57. The van der Waals surface area contributed by atoms with E-state index in [1.165, 1.54) is 18.4 Å². The Balaban J connectivity index is 1.39. The summed E-state index contributed by atoms with van der Waals surface area (Å²) < 4.78 is 10.5. The fourth-order valence-corrected chi connectivity index (χ4v) is 4.80. The molecule has 8 nitrogen and oxygen atoms in total. The van der Waals surface area contributed by atoms with Crippen LogP contribution in [0.15, 0.2) is 42.5 Å². The molecule has 1 heterocycles. The van der Waals surface area contributed by atoms with Gasteiger partial charge in [-0.15, -0.1) is 11.3 Å². The number of thiazole rings is 1. The summed E-state index contributed by atoms with van der Waals surface area (Å²) in [5.74, 6) is 0.544. The van der Waals surface area contributed by atoms with Crippen molar-refractivity contribution < 1.29 is 19.1 Å². The third-order valence-corrected chi connectivity index (χ3v) is 6.52. The van der Waals surface area contributed by atoms with Crippen LogP contribution in [-0.4, -0.2) is 37.1 Å². The van der Waals surface area contributed by atoms with E-state index in [4.69, 9.17) is 15.2 Å². The monoisotopic (exact) mass is 466 g/mol. The molecule has 0 fully saturated rings. The number of aryl methyl sites for hydroxylation is 1. The van der Waals surface area contributed by atoms with Crippen molar-refractivity contribution in [3.63, 3.8) is 0 Å². The lowest BCUT2D eigenvalue weighted by atomic mass is 9.99. The predicted molar refractivity (Wildman–Crippen MR) is 127 cm³/mol. The molecule has 0 bridgehead atoms. The molecule has 1 aliphatic carbocycles. The van der Waals surface area contributed by atoms with Crippen molar-refractivity contribution in [3.05, 3.63) is 69.7 Å². The van der Waals surface area contributed by atoms with Gasteiger partial charge < -0.3 is 20.5 Å². The standard InChI is InChI=1S/C24H26N4O4S/c1-31-19-9-6-16(11-20(19)32-2)22(29)26-13-14-4-3-5-15(10-14)23(30)28-24-27-18-8-7-17(25)12-21(18)33-24/h3-6,9-11,17H,7-8,12-13,25H2,1-2H3,(H,26,29)(H,27,28,30)/t17-/m0/s1. The first-order valence-electron chi connectivity index (χ1n) is 10.6. The lowest BCUT2D eigenvalue weighted by Gasteiger charge is -2.15. The van der Waals surface area contributed by atoms with Crippen molar-refractivity contribution in [1.82, 2.24) is 10.3 Å². The van der Waals surface area contributed by atoms with E-state index in [1.54, 1.807) is 43.5 Å². The average molecular weight is 467 g/mol. The van der Waals surface area contributed by atoms with E-state index >= 15 is 0 Å². The van der Waals surface area contributed by atoms with Crippen LogP contribution in [0.1, 0.15) is 43.3 Å². The van der Waals surface area contributed by atoms with E-state index in [0.717, 1.165) is 35.4 Å². The van der Waals surface area contributed by atoms with Crippen LogP contribution in [0.2, 0.25) is 0 Å². The highest BCUT2D eigenvalue weighted by Gasteiger charge is 2.21. The van der Waals surface area contributed by atoms with E-state index < -0.39 is 0 Å². The Morgan fingerprint density at radius 3 is 2.67 bits per heavy atom. The van der Waals surface area contributed by atoms with Gasteiger partial charge in [-0.1, -0.05) is 12.1 Å². The Labute approximate surface area is 196 Å². The highest BCUT2D eigenvalue weighted by molar-refractivity contribution is 7.15. The maximum atomic E-state index is 12.8. The van der Waals surface area contributed by atoms with Crippen LogP contribution in [0.4, 0.5) is 5.13 Å². The summed E-state index contributed by atoms with van der Waals surface area (Å²) in [6.45, 7) is 0.276. The molecule has 3 aromatic rings. The van der Waals surface area contributed by atoms with Crippen LogP contribution in [0, 0.1) is 0 Å². The third kappa shape index (κ3) is 5.32. The zero-order valence-corrected chi connectivity index (χ0v) is 19.3. The number of amides is 2. The number of hydrogen-bond acceptors (Lipinski definition) is 7. The fourth-order valence-electron chi connectivity index (χ4n) is 3.71. The van der Waals surface area contributed by atoms with Crippen molar-refractivity contribution in [2.24, 2.45) is 5.73 Å². The molecule has 0 unspecified atom stereocenters. The molecule has 1 aliphatic rings. The van der Waals surface area contributed by atoms with Crippen molar-refractivity contribution in [3.8, 4) is 11.5 Å². The Bertz CT molecular complexity index is 1180. The molecule has 0 saturated carbocycles. The molecule has 0 aliphatic heterocycles. The number of nitrogens with one attached hydrogen (secondary N) is 2. The van der Waals surface area contributed by atoms with E-state index in [0.29, 0.717) is 27.8 Å². The number of rotatable bonds is 7. The zero-order chi connectivity index (χ0) is 23.4. The Hall–Kier alpha value is -3.43. The summed E-state index contributed by atoms with van der Waals surface area (Å²) in [6, 6.07) is 12.3. The SMILES string of the molecule is COc1ccc(C(=O)NCc2cccc(C(=O)Nc3nc4c(s3)C[C@@H](N)CC4)c2)cc1OC. The van der Waals surface area contributed by atoms with Gasteiger partial charge in [-0.3, -0.25) is 14.9 Å². The van der Waals surface area contributed by atoms with Crippen LogP contribution in [0.3, 0.4) is 0 Å². The summed E-state index contributed by atoms with van der Waals surface area (Å²) in [7, 11) is 3.06. The first kappa shape index (κ1) is 22.8. The molecular formula is C24H26N4O4S. The van der Waals surface area contributed by atoms with E-state index in [9.17, 15) is 9.59 Å². The lowest BCUT2D eigenvalue weighted by Crippen LogP contribution is -2.27. The summed E-state index contributed by atoms with van der Waals surface area (Å²) >= 11 is 1.48. The fraction of sp³-hybridized carbons (Fsp3) is 0.292. The maximum Gasteiger partial charge on any atom is 0.257 e. The number of ether oxygens (including phenoxy) is 2. The lowest BCUT2D eigenvalue weighted by molar-refractivity contribution is 0.0950. The average Bonchev–Trinajstić information content (AvgIpc) is 3.23. The summed E-state index contributed by atoms with van der Waals surface area (Å²) in [5, 5.41) is 6.34. The van der Waals surface area contributed by atoms with Crippen LogP contribution in [0.5, 0.6) is 11.5 Å². The van der Waals surface area contributed by atoms with Crippen LogP contribution in [0.25, 0.3) is 0 Å². The molecule has 9 heteroatoms. The molecule has 2 amide bonds. The molecule has 1 atom stereocenters. The zero-order valence-electron chi connectivity index (χ0n) is 18.5. The number of carbonyl (C=O) groups is 2. The van der Waals surface area contributed by atoms with Crippen molar-refractivity contribution >= 4 is 28.3 Å². The van der Waals surface area contributed by atoms with Crippen LogP contribution in [-0.2, 0) is 19.4 Å². The molecule has 0 radical (unpaired) electrons. The molecule has 33 heavy (non-hydrogen) atoms. The van der Waals surface area contributed by atoms with Crippen LogP contribution >= 0.6 is 11.3 Å². The van der Waals surface area contributed by atoms with Gasteiger partial charge in [0.05, 0.1) is 19.9 Å². The number of fused-ring (bicyclic) bond motifs is 1. The minimum atomic E-state index is -0.252. The number of nitrogens with zero attached hydrogens (tertiary/aromatic N) is 1. The maximum absolute atomic E-state index is 12.8. The molecule has 4 rings (SSSR count). The highest BCUT2D eigenvalue weighted by Crippen LogP contribution is 2.30. The molecule has 0 saturated heterocycles. The van der Waals surface area contributed by atoms with Gasteiger partial charge in [-0.05, 0) is 55.2 Å². The van der Waals surface area contributed by atoms with Crippen molar-refractivity contribution in [2.75, 3.05) is 19.5 Å². The van der Waals surface area contributed by atoms with Crippen molar-refractivity contribution in [2.45, 2.75) is 31.8 Å². The second kappa shape index (κ2) is 10.0. The number of aromatic nitrogens is 1. The van der Waals surface area contributed by atoms with Gasteiger partial charge in [0.1, 0.15) is 0 Å². The molecule has 2 aromatic carbocycles. The number of anilines is 1. The normalized spacial score (nSPS) is 14.8. The Kier molecular flexibility index (Phi) is 6.90. The summed E-state index contributed by atoms with van der Waals surface area (Å²) in [4.78, 5) is 31.0. The number of hydrogen-bond donors (Lipinski definition) is 3. The number of benzene rings is 2. The minimum absolute atomic E-state index is 0.160. The smallest absolute Gasteiger partial charge is 0.257 e. The first-order chi connectivity index (χ1) is 16.0. The number of carbonyl (C=O) groups excluding carboxylic acids is 2. The van der Waals surface area contributed by atoms with Gasteiger partial charge in [0.25, 0.3) is 11.8 Å². The van der Waals surface area contributed by atoms with Gasteiger partial charge in [0.15, 0.2) is 16.6 Å². The van der Waals surface area contributed by atoms with Gasteiger partial charge in [0.2, 0.25) is 0 Å². The van der Waals surface area contributed by atoms with Crippen molar-refractivity contribution in [1.29, 1.82) is 0 Å². The number of methoxy groups -OCH3 is 2. The van der Waals surface area contributed by atoms with Gasteiger partial charge >= 0.3 is 0 Å². The second-order valence-corrected chi connectivity index (χ2v) is 8.88. The Morgan fingerprint density at radius 2 is 1.88 bits per heavy atom.